The summed E-state index contributed by atoms with van der Waals surface area (Å²) in [6, 6.07) is 0. The van der Waals surface area contributed by atoms with Crippen molar-refractivity contribution in [1.82, 2.24) is 0 Å². The van der Waals surface area contributed by atoms with E-state index in [2.05, 4.69) is 0 Å². The first-order chi connectivity index (χ1) is 21.0. The molecule has 0 amide bonds. The van der Waals surface area contributed by atoms with Gasteiger partial charge in [-0.15, -0.1) is 0 Å². The van der Waals surface area contributed by atoms with E-state index in [4.69, 9.17) is 56.8 Å². The molecule has 18 heteroatoms. The summed E-state index contributed by atoms with van der Waals surface area (Å²) in [5.74, 6) is -6.37. The van der Waals surface area contributed by atoms with Crippen LogP contribution in [0.1, 0.15) is 48.5 Å². The summed E-state index contributed by atoms with van der Waals surface area (Å²) >= 11 is 0. The highest BCUT2D eigenvalue weighted by molar-refractivity contribution is 5.69. The van der Waals surface area contributed by atoms with Crippen LogP contribution in [-0.4, -0.2) is 124 Å². The second-order valence-electron chi connectivity index (χ2n) is 10.4. The molecule has 3 saturated heterocycles. The lowest BCUT2D eigenvalue weighted by atomic mass is 9.98. The lowest BCUT2D eigenvalue weighted by molar-refractivity contribution is -0.364. The fourth-order valence-corrected chi connectivity index (χ4v) is 5.06. The highest BCUT2D eigenvalue weighted by Gasteiger charge is 2.60. The number of methoxy groups -OCH3 is 1. The van der Waals surface area contributed by atoms with Gasteiger partial charge in [0.15, 0.2) is 49.2 Å². The van der Waals surface area contributed by atoms with Crippen molar-refractivity contribution in [2.45, 2.75) is 116 Å². The summed E-state index contributed by atoms with van der Waals surface area (Å²) in [4.78, 5) is 71.3. The third-order valence-corrected chi connectivity index (χ3v) is 6.57. The minimum absolute atomic E-state index is 0.380. The van der Waals surface area contributed by atoms with Crippen molar-refractivity contribution >= 4 is 35.8 Å². The zero-order chi connectivity index (χ0) is 33.6. The van der Waals surface area contributed by atoms with E-state index in [0.717, 1.165) is 34.6 Å². The molecule has 11 atom stereocenters. The molecule has 0 saturated carbocycles. The number of fused-ring (bicyclic) bond motifs is 1. The van der Waals surface area contributed by atoms with Crippen LogP contribution >= 0.6 is 0 Å². The van der Waals surface area contributed by atoms with E-state index >= 15 is 0 Å². The summed E-state index contributed by atoms with van der Waals surface area (Å²) in [5, 5.41) is 0. The number of carbonyl (C=O) groups excluding carboxylic acids is 6. The molecular weight excluding hydrogens is 612 g/mol. The van der Waals surface area contributed by atoms with E-state index < -0.39 is 110 Å². The van der Waals surface area contributed by atoms with Gasteiger partial charge in [0.25, 0.3) is 5.97 Å². The van der Waals surface area contributed by atoms with E-state index in [1.165, 1.54) is 21.0 Å². The highest BCUT2D eigenvalue weighted by atomic mass is 16.9. The molecule has 0 N–H and O–H groups in total. The van der Waals surface area contributed by atoms with Gasteiger partial charge in [0.1, 0.15) is 18.8 Å². The van der Waals surface area contributed by atoms with Gasteiger partial charge in [-0.1, -0.05) is 0 Å². The van der Waals surface area contributed by atoms with Gasteiger partial charge in [0.2, 0.25) is 0 Å². The normalized spacial score (nSPS) is 35.7. The molecule has 3 rings (SSSR count). The van der Waals surface area contributed by atoms with Crippen LogP contribution in [0.15, 0.2) is 0 Å². The Morgan fingerprint density at radius 1 is 0.578 bits per heavy atom. The Morgan fingerprint density at radius 2 is 1.04 bits per heavy atom. The SMILES string of the molecule is CO[C@H]1O[C@H](CO[C@]2(C)O[C@@H]3O[C@H](COC(C)=O)[C@@H](OC(C)=O)[C@H](OC(C)=O)[C@@H]3O2)[C@@H](OC(C)=O)[C@H](OC(C)=O)[C@@H]1OC(C)=O. The van der Waals surface area contributed by atoms with Crippen molar-refractivity contribution in [1.29, 1.82) is 0 Å². The Balaban J connectivity index is 1.87. The standard InChI is InChI=1S/C27H38O18/c1-11(28)35-9-17-19(37-12(2)29)22(40-15(5)32)24-26(43-17)45-27(7,44-24)36-10-18-20(38-13(3)30)21(39-14(4)31)23(41-16(6)33)25(34-8)42-18/h17-26H,9-10H2,1-8H3/t17-,18-,19-,20-,21+,22+,23+,24+,25+,26+,27+/m1/s1. The molecule has 3 heterocycles. The Hall–Kier alpha value is -3.42. The highest BCUT2D eigenvalue weighted by Crippen LogP contribution is 2.40. The topological polar surface area (TPSA) is 213 Å². The zero-order valence-electron chi connectivity index (χ0n) is 26.0. The van der Waals surface area contributed by atoms with Crippen LogP contribution in [0.3, 0.4) is 0 Å². The van der Waals surface area contributed by atoms with Gasteiger partial charge in [-0.05, 0) is 0 Å². The molecule has 0 spiro atoms. The van der Waals surface area contributed by atoms with Gasteiger partial charge < -0.3 is 52.1 Å². The first kappa shape index (κ1) is 36.1. The summed E-state index contributed by atoms with van der Waals surface area (Å²) in [6.45, 7) is 7.28. The van der Waals surface area contributed by atoms with Crippen molar-refractivity contribution in [2.75, 3.05) is 20.3 Å². The fourth-order valence-electron chi connectivity index (χ4n) is 5.06. The van der Waals surface area contributed by atoms with Crippen molar-refractivity contribution in [2.24, 2.45) is 0 Å². The molecule has 3 aliphatic rings. The summed E-state index contributed by atoms with van der Waals surface area (Å²) < 4.78 is 66.8. The number of carbonyl (C=O) groups is 6. The van der Waals surface area contributed by atoms with Gasteiger partial charge in [-0.25, -0.2) is 0 Å². The van der Waals surface area contributed by atoms with Crippen molar-refractivity contribution in [3.8, 4) is 0 Å². The van der Waals surface area contributed by atoms with Crippen molar-refractivity contribution in [3.63, 3.8) is 0 Å². The number of ether oxygens (including phenoxy) is 12. The minimum atomic E-state index is -1.94. The van der Waals surface area contributed by atoms with Gasteiger partial charge >= 0.3 is 35.8 Å². The summed E-state index contributed by atoms with van der Waals surface area (Å²) in [6.07, 6.45) is -12.7. The minimum Gasteiger partial charge on any atom is -0.463 e. The van der Waals surface area contributed by atoms with Crippen LogP contribution < -0.4 is 0 Å². The maximum atomic E-state index is 12.0. The summed E-state index contributed by atoms with van der Waals surface area (Å²) in [5.41, 5.74) is 0. The molecule has 0 aromatic rings. The Morgan fingerprint density at radius 3 is 1.56 bits per heavy atom. The van der Waals surface area contributed by atoms with Crippen LogP contribution in [0.4, 0.5) is 0 Å². The maximum absolute atomic E-state index is 12.0. The predicted molar refractivity (Wildman–Crippen MR) is 139 cm³/mol. The third-order valence-electron chi connectivity index (χ3n) is 6.57. The molecule has 0 aliphatic carbocycles. The second-order valence-corrected chi connectivity index (χ2v) is 10.4. The quantitative estimate of drug-likeness (QED) is 0.202. The van der Waals surface area contributed by atoms with Gasteiger partial charge in [-0.3, -0.25) is 33.5 Å². The number of hydrogen-bond donors (Lipinski definition) is 0. The zero-order valence-corrected chi connectivity index (χ0v) is 26.0. The number of hydrogen-bond acceptors (Lipinski definition) is 18. The van der Waals surface area contributed by atoms with E-state index in [-0.39, 0.29) is 6.61 Å². The molecule has 0 aromatic carbocycles. The van der Waals surface area contributed by atoms with E-state index in [9.17, 15) is 28.8 Å². The molecule has 45 heavy (non-hydrogen) atoms. The third kappa shape index (κ3) is 9.54. The molecule has 0 bridgehead atoms. The Kier molecular flexibility index (Phi) is 12.2. The summed E-state index contributed by atoms with van der Waals surface area (Å²) in [7, 11) is 1.25. The van der Waals surface area contributed by atoms with Crippen LogP contribution in [0, 0.1) is 0 Å². The molecule has 0 unspecified atom stereocenters. The largest absolute Gasteiger partial charge is 0.463 e. The maximum Gasteiger partial charge on any atom is 0.303 e. The average molecular weight is 651 g/mol. The predicted octanol–water partition coefficient (Wildman–Crippen LogP) is -0.590. The molecule has 254 valence electrons. The Labute approximate surface area is 258 Å². The average Bonchev–Trinajstić information content (AvgIpc) is 3.25. The van der Waals surface area contributed by atoms with E-state index in [0.29, 0.717) is 0 Å². The van der Waals surface area contributed by atoms with Crippen molar-refractivity contribution < 1.29 is 85.6 Å². The molecule has 3 fully saturated rings. The van der Waals surface area contributed by atoms with Crippen LogP contribution in [0.2, 0.25) is 0 Å². The van der Waals surface area contributed by atoms with Crippen LogP contribution in [0.25, 0.3) is 0 Å². The smallest absolute Gasteiger partial charge is 0.303 e. The lowest BCUT2D eigenvalue weighted by Gasteiger charge is -2.44. The molecule has 3 aliphatic heterocycles. The van der Waals surface area contributed by atoms with E-state index in [1.807, 2.05) is 0 Å². The molecule has 18 nitrogen and oxygen atoms in total. The molecular formula is C27H38O18. The lowest BCUT2D eigenvalue weighted by Crippen LogP contribution is -2.63. The van der Waals surface area contributed by atoms with Gasteiger partial charge in [0.05, 0.1) is 6.61 Å². The molecule has 0 radical (unpaired) electrons. The first-order valence-corrected chi connectivity index (χ1v) is 13.9. The number of esters is 6. The van der Waals surface area contributed by atoms with Crippen molar-refractivity contribution in [3.05, 3.63) is 0 Å². The number of rotatable bonds is 11. The first-order valence-electron chi connectivity index (χ1n) is 13.9. The fraction of sp³-hybridized carbons (Fsp3) is 0.778. The van der Waals surface area contributed by atoms with E-state index in [1.54, 1.807) is 0 Å². The van der Waals surface area contributed by atoms with Gasteiger partial charge in [-0.2, -0.15) is 0 Å². The monoisotopic (exact) mass is 650 g/mol. The Bertz CT molecular complexity index is 1130. The van der Waals surface area contributed by atoms with Crippen LogP contribution in [-0.2, 0) is 85.6 Å². The van der Waals surface area contributed by atoms with Crippen LogP contribution in [0.5, 0.6) is 0 Å². The molecule has 0 aromatic heterocycles. The second kappa shape index (κ2) is 15.2. The van der Waals surface area contributed by atoms with Gasteiger partial charge in [0, 0.05) is 55.6 Å².